The van der Waals surface area contributed by atoms with Crippen molar-refractivity contribution in [1.29, 1.82) is 0 Å². The number of esters is 1. The highest BCUT2D eigenvalue weighted by molar-refractivity contribution is 5.93. The molecule has 43 heavy (non-hydrogen) atoms. The van der Waals surface area contributed by atoms with E-state index in [1.165, 1.54) is 13.0 Å². The highest BCUT2D eigenvalue weighted by Crippen LogP contribution is 2.65. The van der Waals surface area contributed by atoms with Gasteiger partial charge in [-0.2, -0.15) is 0 Å². The molecule has 1 unspecified atom stereocenters. The molecule has 0 radical (unpaired) electrons. The lowest BCUT2D eigenvalue weighted by Crippen LogP contribution is -2.59. The van der Waals surface area contributed by atoms with Gasteiger partial charge in [0.2, 0.25) is 11.8 Å². The minimum Gasteiger partial charge on any atom is -0.450 e. The number of ether oxygens (including phenoxy) is 2. The van der Waals surface area contributed by atoms with E-state index in [0.717, 1.165) is 44.9 Å². The molecule has 11 heteroatoms. The first-order chi connectivity index (χ1) is 20.2. The Labute approximate surface area is 256 Å². The monoisotopic (exact) mass is 604 g/mol. The number of nitrogens with one attached hydrogen (secondary N) is 3. The van der Waals surface area contributed by atoms with Gasteiger partial charge in [0.15, 0.2) is 6.10 Å². The predicted octanol–water partition coefficient (Wildman–Crippen LogP) is 3.61. The van der Waals surface area contributed by atoms with Crippen LogP contribution < -0.4 is 16.0 Å². The summed E-state index contributed by atoms with van der Waals surface area (Å²) < 4.78 is 10.9. The zero-order valence-electron chi connectivity index (χ0n) is 26.8. The molecule has 11 nitrogen and oxygen atoms in total. The van der Waals surface area contributed by atoms with Gasteiger partial charge >= 0.3 is 12.1 Å². The van der Waals surface area contributed by atoms with Crippen LogP contribution in [0, 0.1) is 17.3 Å². The van der Waals surface area contributed by atoms with Crippen molar-refractivity contribution >= 4 is 29.8 Å². The van der Waals surface area contributed by atoms with Crippen molar-refractivity contribution in [2.75, 3.05) is 13.1 Å². The number of carbonyl (C=O) groups excluding carboxylic acids is 5. The number of amides is 4. The third kappa shape index (κ3) is 9.19. The summed E-state index contributed by atoms with van der Waals surface area (Å²) in [6.07, 6.45) is 6.84. The fourth-order valence-electron chi connectivity index (χ4n) is 6.66. The molecule has 3 fully saturated rings. The van der Waals surface area contributed by atoms with Crippen LogP contribution in [0.25, 0.3) is 0 Å². The second kappa shape index (κ2) is 14.6. The van der Waals surface area contributed by atoms with E-state index in [2.05, 4.69) is 36.4 Å². The number of carbonyl (C=O) groups is 5. The Balaban J connectivity index is 1.92. The van der Waals surface area contributed by atoms with Crippen molar-refractivity contribution in [2.24, 2.45) is 17.3 Å². The van der Waals surface area contributed by atoms with Crippen molar-refractivity contribution in [3.8, 4) is 0 Å². The first-order valence-corrected chi connectivity index (χ1v) is 15.8. The third-order valence-electron chi connectivity index (χ3n) is 8.92. The SMILES string of the molecule is C=CCNC(=O)C(OC(C)=O)[C@@H]1CCCCCCCCC[C@H](NC(=O)OC(C)(C)C)C(=O)N2C[C@H]3[C@@H]([C@H]2C(=O)N1)C3(C)C. The fraction of sp³-hybridized carbons (Fsp3) is 0.781. The largest absolute Gasteiger partial charge is 0.450 e. The molecule has 0 aromatic rings. The van der Waals surface area contributed by atoms with Gasteiger partial charge in [0.1, 0.15) is 17.7 Å². The van der Waals surface area contributed by atoms with Crippen LogP contribution in [0.2, 0.25) is 0 Å². The second-order valence-electron chi connectivity index (χ2n) is 13.8. The molecule has 0 spiro atoms. The van der Waals surface area contributed by atoms with Crippen LogP contribution in [0.5, 0.6) is 0 Å². The molecular formula is C32H52N4O7. The molecule has 3 rings (SSSR count). The molecule has 1 saturated carbocycles. The van der Waals surface area contributed by atoms with E-state index in [9.17, 15) is 24.0 Å². The maximum Gasteiger partial charge on any atom is 0.408 e. The Morgan fingerprint density at radius 2 is 1.67 bits per heavy atom. The Hall–Kier alpha value is -3.11. The van der Waals surface area contributed by atoms with Gasteiger partial charge < -0.3 is 30.3 Å². The Morgan fingerprint density at radius 1 is 1.07 bits per heavy atom. The van der Waals surface area contributed by atoms with Gasteiger partial charge in [-0.1, -0.05) is 64.9 Å². The van der Waals surface area contributed by atoms with Crippen molar-refractivity contribution in [1.82, 2.24) is 20.9 Å². The summed E-state index contributed by atoms with van der Waals surface area (Å²) in [7, 11) is 0. The maximum absolute atomic E-state index is 14.1. The summed E-state index contributed by atoms with van der Waals surface area (Å²) in [5.74, 6) is -1.77. The summed E-state index contributed by atoms with van der Waals surface area (Å²) in [6, 6.07) is -2.38. The summed E-state index contributed by atoms with van der Waals surface area (Å²) in [5, 5.41) is 8.50. The quantitative estimate of drug-likeness (QED) is 0.311. The molecule has 0 aromatic heterocycles. The van der Waals surface area contributed by atoms with Crippen LogP contribution in [-0.2, 0) is 28.7 Å². The minimum absolute atomic E-state index is 0.0695. The molecule has 2 saturated heterocycles. The smallest absolute Gasteiger partial charge is 0.408 e. The van der Waals surface area contributed by atoms with E-state index in [0.29, 0.717) is 19.4 Å². The van der Waals surface area contributed by atoms with Crippen LogP contribution in [-0.4, -0.2) is 77.6 Å². The third-order valence-corrected chi connectivity index (χ3v) is 8.92. The molecule has 0 bridgehead atoms. The van der Waals surface area contributed by atoms with Crippen LogP contribution in [0.1, 0.15) is 99.3 Å². The van der Waals surface area contributed by atoms with Gasteiger partial charge in [-0.3, -0.25) is 19.2 Å². The lowest BCUT2D eigenvalue weighted by atomic mass is 9.96. The molecular weight excluding hydrogens is 552 g/mol. The number of hydrogen-bond donors (Lipinski definition) is 3. The summed E-state index contributed by atoms with van der Waals surface area (Å²) in [4.78, 5) is 67.6. The van der Waals surface area contributed by atoms with Crippen LogP contribution >= 0.6 is 0 Å². The highest BCUT2D eigenvalue weighted by atomic mass is 16.6. The molecule has 6 atom stereocenters. The van der Waals surface area contributed by atoms with Gasteiger partial charge in [0.05, 0.1) is 6.04 Å². The average molecular weight is 605 g/mol. The maximum atomic E-state index is 14.1. The molecule has 2 aliphatic heterocycles. The molecule has 3 N–H and O–H groups in total. The van der Waals surface area contributed by atoms with Crippen LogP contribution in [0.15, 0.2) is 12.7 Å². The fourth-order valence-corrected chi connectivity index (χ4v) is 6.66. The molecule has 2 heterocycles. The zero-order chi connectivity index (χ0) is 31.9. The lowest BCUT2D eigenvalue weighted by molar-refractivity contribution is -0.157. The van der Waals surface area contributed by atoms with E-state index in [4.69, 9.17) is 9.47 Å². The van der Waals surface area contributed by atoms with Gasteiger partial charge in [-0.05, 0) is 50.9 Å². The first-order valence-electron chi connectivity index (χ1n) is 15.8. The Kier molecular flexibility index (Phi) is 11.7. The van der Waals surface area contributed by atoms with E-state index in [1.54, 1.807) is 25.7 Å². The lowest BCUT2D eigenvalue weighted by Gasteiger charge is -2.35. The highest BCUT2D eigenvalue weighted by Gasteiger charge is 2.69. The average Bonchev–Trinajstić information content (AvgIpc) is 3.22. The molecule has 4 amide bonds. The van der Waals surface area contributed by atoms with E-state index >= 15 is 0 Å². The van der Waals surface area contributed by atoms with Crippen LogP contribution in [0.4, 0.5) is 4.79 Å². The number of nitrogens with zero attached hydrogens (tertiary/aromatic N) is 1. The van der Waals surface area contributed by atoms with E-state index in [-0.39, 0.29) is 35.6 Å². The number of hydrogen-bond acceptors (Lipinski definition) is 7. The van der Waals surface area contributed by atoms with Gasteiger partial charge in [0, 0.05) is 20.0 Å². The first kappa shape index (κ1) is 34.4. The Morgan fingerprint density at radius 3 is 2.26 bits per heavy atom. The van der Waals surface area contributed by atoms with Gasteiger partial charge in [-0.15, -0.1) is 6.58 Å². The molecule has 242 valence electrons. The standard InChI is InChI=1S/C32H52N4O7/c1-8-18-33-28(39)26(42-20(2)37)22-16-14-12-10-9-11-13-15-17-23(35-30(41)43-31(3,4)5)29(40)36-19-21-24(32(21,6)7)25(36)27(38)34-22/h8,21-26H,1,9-19H2,2-7H3,(H,33,39)(H,34,38)(H,35,41)/t21-,22-,23-,24-,25-,26?/m0/s1. The summed E-state index contributed by atoms with van der Waals surface area (Å²) in [6.45, 7) is 14.9. The normalized spacial score (nSPS) is 28.8. The number of rotatable bonds is 6. The molecule has 0 aromatic carbocycles. The Bertz CT molecular complexity index is 1050. The second-order valence-corrected chi connectivity index (χ2v) is 13.8. The number of alkyl carbamates (subject to hydrolysis) is 1. The van der Waals surface area contributed by atoms with Crippen molar-refractivity contribution in [2.45, 2.75) is 129 Å². The van der Waals surface area contributed by atoms with Gasteiger partial charge in [0.25, 0.3) is 5.91 Å². The zero-order valence-corrected chi connectivity index (χ0v) is 26.8. The predicted molar refractivity (Wildman–Crippen MR) is 162 cm³/mol. The van der Waals surface area contributed by atoms with E-state index < -0.39 is 47.8 Å². The van der Waals surface area contributed by atoms with Crippen molar-refractivity contribution < 1.29 is 33.4 Å². The molecule has 1 aliphatic carbocycles. The van der Waals surface area contributed by atoms with Crippen molar-refractivity contribution in [3.05, 3.63) is 12.7 Å². The minimum atomic E-state index is -1.23. The molecule has 3 aliphatic rings. The summed E-state index contributed by atoms with van der Waals surface area (Å²) >= 11 is 0. The van der Waals surface area contributed by atoms with Crippen LogP contribution in [0.3, 0.4) is 0 Å². The number of fused-ring (bicyclic) bond motifs is 3. The van der Waals surface area contributed by atoms with Crippen molar-refractivity contribution in [3.63, 3.8) is 0 Å². The summed E-state index contributed by atoms with van der Waals surface area (Å²) in [5.41, 5.74) is -0.863. The van der Waals surface area contributed by atoms with E-state index in [1.807, 2.05) is 0 Å². The van der Waals surface area contributed by atoms with Gasteiger partial charge in [-0.25, -0.2) is 4.79 Å². The number of piperidine rings is 1. The topological polar surface area (TPSA) is 143 Å².